The van der Waals surface area contributed by atoms with E-state index in [0.717, 1.165) is 5.52 Å². The van der Waals surface area contributed by atoms with Crippen LogP contribution in [0.2, 0.25) is 0 Å². The van der Waals surface area contributed by atoms with Crippen molar-refractivity contribution < 1.29 is 9.84 Å². The summed E-state index contributed by atoms with van der Waals surface area (Å²) in [5, 5.41) is 10.6. The summed E-state index contributed by atoms with van der Waals surface area (Å²) in [6.45, 7) is 3.89. The van der Waals surface area contributed by atoms with Crippen molar-refractivity contribution in [3.63, 3.8) is 0 Å². The molecule has 1 unspecified atom stereocenters. The third-order valence-electron chi connectivity index (χ3n) is 3.66. The molecule has 20 heavy (non-hydrogen) atoms. The molecule has 0 saturated heterocycles. The van der Waals surface area contributed by atoms with Gasteiger partial charge < -0.3 is 14.4 Å². The molecule has 1 aromatic carbocycles. The number of para-hydroxylation sites is 1. The van der Waals surface area contributed by atoms with E-state index in [1.165, 1.54) is 0 Å². The average Bonchev–Trinajstić information content (AvgIpc) is 2.43. The number of ether oxygens (including phenoxy) is 1. The Morgan fingerprint density at radius 2 is 2.05 bits per heavy atom. The van der Waals surface area contributed by atoms with Gasteiger partial charge in [0.25, 0.3) is 0 Å². The summed E-state index contributed by atoms with van der Waals surface area (Å²) in [6.07, 6.45) is 1.65. The molecule has 4 heteroatoms. The fourth-order valence-electron chi connectivity index (χ4n) is 2.37. The van der Waals surface area contributed by atoms with Crippen LogP contribution in [0.5, 0.6) is 5.75 Å². The molecule has 4 nitrogen and oxygen atoms in total. The van der Waals surface area contributed by atoms with Gasteiger partial charge in [-0.25, -0.2) is 0 Å². The van der Waals surface area contributed by atoms with Crippen molar-refractivity contribution in [3.8, 4) is 5.75 Å². The first kappa shape index (κ1) is 14.6. The highest BCUT2D eigenvalue weighted by atomic mass is 16.5. The number of aliphatic hydroxyl groups excluding tert-OH is 1. The Morgan fingerprint density at radius 3 is 2.65 bits per heavy atom. The van der Waals surface area contributed by atoms with Crippen LogP contribution in [-0.2, 0) is 13.5 Å². The minimum Gasteiger partial charge on any atom is -0.495 e. The second-order valence-electron chi connectivity index (χ2n) is 5.47. The lowest BCUT2D eigenvalue weighted by atomic mass is 9.99. The van der Waals surface area contributed by atoms with E-state index in [0.29, 0.717) is 23.1 Å². The maximum Gasteiger partial charge on any atom is 0.192 e. The fraction of sp³-hybridized carbons (Fsp3) is 0.438. The molecule has 0 aliphatic carbocycles. The van der Waals surface area contributed by atoms with Gasteiger partial charge in [0.2, 0.25) is 0 Å². The minimum absolute atomic E-state index is 0.0308. The van der Waals surface area contributed by atoms with Crippen molar-refractivity contribution in [2.75, 3.05) is 7.11 Å². The van der Waals surface area contributed by atoms with Crippen molar-refractivity contribution in [3.05, 3.63) is 40.2 Å². The van der Waals surface area contributed by atoms with E-state index in [-0.39, 0.29) is 11.3 Å². The van der Waals surface area contributed by atoms with Gasteiger partial charge in [0.05, 0.1) is 18.7 Å². The maximum absolute atomic E-state index is 12.5. The molecule has 1 aromatic heterocycles. The van der Waals surface area contributed by atoms with Gasteiger partial charge in [0.1, 0.15) is 5.75 Å². The number of aliphatic hydroxyl groups is 1. The van der Waals surface area contributed by atoms with Gasteiger partial charge in [-0.15, -0.1) is 0 Å². The van der Waals surface area contributed by atoms with Gasteiger partial charge >= 0.3 is 0 Å². The second kappa shape index (κ2) is 5.67. The number of hydrogen-bond acceptors (Lipinski definition) is 3. The van der Waals surface area contributed by atoms with Crippen LogP contribution in [0.15, 0.2) is 29.2 Å². The number of nitrogens with zero attached hydrogens (tertiary/aromatic N) is 1. The minimum atomic E-state index is -0.509. The van der Waals surface area contributed by atoms with Crippen LogP contribution in [0.25, 0.3) is 10.9 Å². The summed E-state index contributed by atoms with van der Waals surface area (Å²) < 4.78 is 7.20. The van der Waals surface area contributed by atoms with Gasteiger partial charge in [-0.2, -0.15) is 0 Å². The zero-order valence-corrected chi connectivity index (χ0v) is 12.4. The topological polar surface area (TPSA) is 51.5 Å². The normalized spacial score (nSPS) is 12.9. The maximum atomic E-state index is 12.5. The standard InChI is InChI=1S/C16H21NO3/c1-10(2)13(18)8-11-9-17(3)15-12(16(11)19)6-5-7-14(15)20-4/h5-7,9-10,13,18H,8H2,1-4H3. The number of rotatable bonds is 4. The zero-order valence-electron chi connectivity index (χ0n) is 12.4. The Balaban J connectivity index is 2.61. The summed E-state index contributed by atoms with van der Waals surface area (Å²) in [5.74, 6) is 0.804. The molecule has 0 spiro atoms. The summed E-state index contributed by atoms with van der Waals surface area (Å²) >= 11 is 0. The number of methoxy groups -OCH3 is 1. The fourth-order valence-corrected chi connectivity index (χ4v) is 2.37. The zero-order chi connectivity index (χ0) is 14.9. The van der Waals surface area contributed by atoms with E-state index in [1.807, 2.05) is 37.6 Å². The summed E-state index contributed by atoms with van der Waals surface area (Å²) in [6, 6.07) is 5.45. The van der Waals surface area contributed by atoms with Gasteiger partial charge in [0.15, 0.2) is 5.43 Å². The van der Waals surface area contributed by atoms with Gasteiger partial charge in [0, 0.05) is 30.6 Å². The number of pyridine rings is 1. The average molecular weight is 275 g/mol. The molecule has 2 rings (SSSR count). The van der Waals surface area contributed by atoms with Gasteiger partial charge in [-0.1, -0.05) is 19.9 Å². The number of aromatic nitrogens is 1. The van der Waals surface area contributed by atoms with Crippen LogP contribution < -0.4 is 10.2 Å². The van der Waals surface area contributed by atoms with Crippen LogP contribution >= 0.6 is 0 Å². The van der Waals surface area contributed by atoms with E-state index in [4.69, 9.17) is 4.74 Å². The highest BCUT2D eigenvalue weighted by Crippen LogP contribution is 2.23. The first-order valence-corrected chi connectivity index (χ1v) is 6.79. The van der Waals surface area contributed by atoms with Crippen LogP contribution in [0.1, 0.15) is 19.4 Å². The van der Waals surface area contributed by atoms with Crippen LogP contribution in [0, 0.1) is 5.92 Å². The molecule has 0 fully saturated rings. The lowest BCUT2D eigenvalue weighted by molar-refractivity contribution is 0.125. The van der Waals surface area contributed by atoms with Crippen molar-refractivity contribution in [2.24, 2.45) is 13.0 Å². The molecule has 0 radical (unpaired) electrons. The lowest BCUT2D eigenvalue weighted by Gasteiger charge is -2.16. The highest BCUT2D eigenvalue weighted by molar-refractivity contribution is 5.85. The van der Waals surface area contributed by atoms with E-state index >= 15 is 0 Å². The van der Waals surface area contributed by atoms with Crippen molar-refractivity contribution >= 4 is 10.9 Å². The summed E-state index contributed by atoms with van der Waals surface area (Å²) in [4.78, 5) is 12.5. The van der Waals surface area contributed by atoms with Crippen LogP contribution in [0.4, 0.5) is 0 Å². The molecule has 0 aliphatic rings. The summed E-state index contributed by atoms with van der Waals surface area (Å²) in [5.41, 5.74) is 1.38. The predicted molar refractivity (Wildman–Crippen MR) is 80.3 cm³/mol. The number of fused-ring (bicyclic) bond motifs is 1. The lowest BCUT2D eigenvalue weighted by Crippen LogP contribution is -2.23. The molecule has 0 saturated carbocycles. The first-order valence-electron chi connectivity index (χ1n) is 6.79. The molecule has 2 aromatic rings. The van der Waals surface area contributed by atoms with E-state index < -0.39 is 6.10 Å². The molecule has 108 valence electrons. The molecule has 0 amide bonds. The Labute approximate surface area is 118 Å². The SMILES string of the molecule is COc1cccc2c(=O)c(CC(O)C(C)C)cn(C)c12. The highest BCUT2D eigenvalue weighted by Gasteiger charge is 2.16. The first-order chi connectivity index (χ1) is 9.45. The Morgan fingerprint density at radius 1 is 1.35 bits per heavy atom. The van der Waals surface area contributed by atoms with Crippen LogP contribution in [-0.4, -0.2) is 22.9 Å². The quantitative estimate of drug-likeness (QED) is 0.929. The molecular weight excluding hydrogens is 254 g/mol. The monoisotopic (exact) mass is 275 g/mol. The summed E-state index contributed by atoms with van der Waals surface area (Å²) in [7, 11) is 3.48. The smallest absolute Gasteiger partial charge is 0.192 e. The second-order valence-corrected chi connectivity index (χ2v) is 5.47. The third-order valence-corrected chi connectivity index (χ3v) is 3.66. The largest absolute Gasteiger partial charge is 0.495 e. The Bertz CT molecular complexity index is 673. The number of hydrogen-bond donors (Lipinski definition) is 1. The molecule has 0 aliphatic heterocycles. The van der Waals surface area contributed by atoms with Crippen molar-refractivity contribution in [1.29, 1.82) is 0 Å². The van der Waals surface area contributed by atoms with E-state index in [2.05, 4.69) is 0 Å². The molecule has 0 bridgehead atoms. The van der Waals surface area contributed by atoms with Gasteiger partial charge in [-0.3, -0.25) is 4.79 Å². The Hall–Kier alpha value is -1.81. The molecule has 1 N–H and O–H groups in total. The molecule has 1 atom stereocenters. The molecular formula is C16H21NO3. The van der Waals surface area contributed by atoms with Crippen molar-refractivity contribution in [1.82, 2.24) is 4.57 Å². The number of aryl methyl sites for hydroxylation is 1. The van der Waals surface area contributed by atoms with Crippen molar-refractivity contribution in [2.45, 2.75) is 26.4 Å². The van der Waals surface area contributed by atoms with E-state index in [1.54, 1.807) is 19.4 Å². The van der Waals surface area contributed by atoms with Crippen LogP contribution in [0.3, 0.4) is 0 Å². The predicted octanol–water partition coefficient (Wildman–Crippen LogP) is 2.11. The van der Waals surface area contributed by atoms with E-state index in [9.17, 15) is 9.90 Å². The van der Waals surface area contributed by atoms with Gasteiger partial charge in [-0.05, 0) is 18.1 Å². The Kier molecular flexibility index (Phi) is 4.14. The number of benzene rings is 1. The third kappa shape index (κ3) is 2.56. The molecule has 1 heterocycles.